The highest BCUT2D eigenvalue weighted by Gasteiger charge is 2.17. The highest BCUT2D eigenvalue weighted by atomic mass is 35.5. The number of carbonyl (C=O) groups is 1. The van der Waals surface area contributed by atoms with Crippen molar-refractivity contribution in [3.63, 3.8) is 0 Å². The minimum Gasteiger partial charge on any atom is -0.300 e. The van der Waals surface area contributed by atoms with Crippen LogP contribution in [-0.2, 0) is 4.79 Å². The Kier molecular flexibility index (Phi) is 4.02. The van der Waals surface area contributed by atoms with Crippen LogP contribution in [0.5, 0.6) is 0 Å². The Balaban J connectivity index is 2.24. The first-order valence-corrected chi connectivity index (χ1v) is 5.00. The van der Waals surface area contributed by atoms with Gasteiger partial charge in [-0.2, -0.15) is 0 Å². The van der Waals surface area contributed by atoms with Gasteiger partial charge < -0.3 is 4.90 Å². The van der Waals surface area contributed by atoms with Crippen molar-refractivity contribution in [3.05, 3.63) is 0 Å². The van der Waals surface area contributed by atoms with E-state index in [-0.39, 0.29) is 5.24 Å². The Morgan fingerprint density at radius 2 is 2.33 bits per heavy atom. The second-order valence-corrected chi connectivity index (χ2v) is 3.91. The molecule has 1 rings (SSSR count). The fourth-order valence-electron chi connectivity index (χ4n) is 1.72. The predicted molar refractivity (Wildman–Crippen MR) is 50.4 cm³/mol. The van der Waals surface area contributed by atoms with Gasteiger partial charge in [0.1, 0.15) is 0 Å². The molecule has 1 unspecified atom stereocenters. The summed E-state index contributed by atoms with van der Waals surface area (Å²) in [6, 6.07) is 0.634. The normalized spacial score (nSPS) is 25.7. The first kappa shape index (κ1) is 10.0. The Bertz CT molecular complexity index is 161. The summed E-state index contributed by atoms with van der Waals surface area (Å²) in [5.74, 6) is 0. The molecule has 1 atom stereocenters. The molecule has 0 aromatic rings. The third-order valence-electron chi connectivity index (χ3n) is 2.54. The maximum Gasteiger partial charge on any atom is 0.222 e. The van der Waals surface area contributed by atoms with E-state index in [1.54, 1.807) is 0 Å². The first-order chi connectivity index (χ1) is 5.70. The van der Waals surface area contributed by atoms with Gasteiger partial charge in [0.15, 0.2) is 0 Å². The molecule has 1 saturated heterocycles. The summed E-state index contributed by atoms with van der Waals surface area (Å²) in [6.45, 7) is 4.19. The van der Waals surface area contributed by atoms with E-state index in [4.69, 9.17) is 11.6 Å². The van der Waals surface area contributed by atoms with Crippen molar-refractivity contribution in [2.24, 2.45) is 0 Å². The molecule has 1 fully saturated rings. The summed E-state index contributed by atoms with van der Waals surface area (Å²) < 4.78 is 0. The smallest absolute Gasteiger partial charge is 0.222 e. The van der Waals surface area contributed by atoms with E-state index in [9.17, 15) is 4.79 Å². The number of piperidine rings is 1. The van der Waals surface area contributed by atoms with Gasteiger partial charge in [0.25, 0.3) is 0 Å². The molecule has 0 radical (unpaired) electrons. The molecule has 2 nitrogen and oxygen atoms in total. The maximum absolute atomic E-state index is 10.5. The molecule has 12 heavy (non-hydrogen) atoms. The highest BCUT2D eigenvalue weighted by molar-refractivity contribution is 6.63. The van der Waals surface area contributed by atoms with Crippen LogP contribution in [0, 0.1) is 0 Å². The van der Waals surface area contributed by atoms with E-state index < -0.39 is 0 Å². The summed E-state index contributed by atoms with van der Waals surface area (Å²) in [6.07, 6.45) is 4.34. The number of carbonyl (C=O) groups excluding carboxylic acids is 1. The van der Waals surface area contributed by atoms with Gasteiger partial charge in [-0.25, -0.2) is 0 Å². The quantitative estimate of drug-likeness (QED) is 0.634. The van der Waals surface area contributed by atoms with Crippen molar-refractivity contribution in [3.8, 4) is 0 Å². The van der Waals surface area contributed by atoms with Crippen molar-refractivity contribution in [2.75, 3.05) is 13.1 Å². The van der Waals surface area contributed by atoms with Crippen LogP contribution in [0.1, 0.15) is 32.6 Å². The van der Waals surface area contributed by atoms with Crippen LogP contribution in [0.4, 0.5) is 0 Å². The Morgan fingerprint density at radius 3 is 2.92 bits per heavy atom. The Hall–Kier alpha value is -0.0800. The van der Waals surface area contributed by atoms with E-state index >= 15 is 0 Å². The van der Waals surface area contributed by atoms with Gasteiger partial charge >= 0.3 is 0 Å². The van der Waals surface area contributed by atoms with E-state index in [1.807, 2.05) is 0 Å². The molecule has 0 spiro atoms. The first-order valence-electron chi connectivity index (χ1n) is 4.62. The third kappa shape index (κ3) is 3.11. The number of likely N-dealkylation sites (tertiary alicyclic amines) is 1. The van der Waals surface area contributed by atoms with E-state index in [0.717, 1.165) is 13.1 Å². The number of rotatable bonds is 3. The number of hydrogen-bond acceptors (Lipinski definition) is 2. The van der Waals surface area contributed by atoms with Crippen molar-refractivity contribution >= 4 is 16.8 Å². The van der Waals surface area contributed by atoms with Gasteiger partial charge in [0.05, 0.1) is 0 Å². The van der Waals surface area contributed by atoms with Crippen LogP contribution < -0.4 is 0 Å². The zero-order valence-electron chi connectivity index (χ0n) is 7.55. The van der Waals surface area contributed by atoms with E-state index in [1.165, 1.54) is 19.3 Å². The zero-order chi connectivity index (χ0) is 8.97. The van der Waals surface area contributed by atoms with Gasteiger partial charge in [0.2, 0.25) is 5.24 Å². The van der Waals surface area contributed by atoms with Crippen LogP contribution in [0.3, 0.4) is 0 Å². The largest absolute Gasteiger partial charge is 0.300 e. The Labute approximate surface area is 78.9 Å². The molecule has 0 aliphatic carbocycles. The molecule has 0 bridgehead atoms. The molecule has 3 heteroatoms. The molecule has 0 aromatic carbocycles. The third-order valence-corrected chi connectivity index (χ3v) is 2.73. The molecule has 0 aromatic heterocycles. The number of hydrogen-bond donors (Lipinski definition) is 0. The molecule has 1 aliphatic heterocycles. The van der Waals surface area contributed by atoms with Gasteiger partial charge in [-0.15, -0.1) is 0 Å². The average Bonchev–Trinajstić information content (AvgIpc) is 2.03. The predicted octanol–water partition coefficient (Wildman–Crippen LogP) is 2.02. The van der Waals surface area contributed by atoms with Gasteiger partial charge in [0, 0.05) is 19.0 Å². The summed E-state index contributed by atoms with van der Waals surface area (Å²) >= 11 is 5.28. The summed E-state index contributed by atoms with van der Waals surface area (Å²) in [5, 5.41) is -0.215. The monoisotopic (exact) mass is 189 g/mol. The van der Waals surface area contributed by atoms with Crippen LogP contribution in [0.25, 0.3) is 0 Å². The molecular weight excluding hydrogens is 174 g/mol. The van der Waals surface area contributed by atoms with Crippen molar-refractivity contribution < 1.29 is 4.79 Å². The van der Waals surface area contributed by atoms with Crippen LogP contribution in [-0.4, -0.2) is 29.3 Å². The second-order valence-electron chi connectivity index (χ2n) is 3.49. The van der Waals surface area contributed by atoms with Gasteiger partial charge in [-0.1, -0.05) is 6.42 Å². The molecular formula is C9H16ClNO. The lowest BCUT2D eigenvalue weighted by atomic mass is 10.0. The molecule has 1 aliphatic rings. The minimum atomic E-state index is -0.215. The fourth-order valence-corrected chi connectivity index (χ4v) is 1.81. The molecule has 0 N–H and O–H groups in total. The van der Waals surface area contributed by atoms with Gasteiger partial charge in [-0.3, -0.25) is 4.79 Å². The number of nitrogens with zero attached hydrogens (tertiary/aromatic N) is 1. The zero-order valence-corrected chi connectivity index (χ0v) is 8.31. The molecule has 0 saturated carbocycles. The average molecular weight is 190 g/mol. The van der Waals surface area contributed by atoms with Crippen LogP contribution >= 0.6 is 11.6 Å². The fraction of sp³-hybridized carbons (Fsp3) is 0.889. The summed E-state index contributed by atoms with van der Waals surface area (Å²) in [7, 11) is 0. The molecule has 0 amide bonds. The molecule has 1 heterocycles. The lowest BCUT2D eigenvalue weighted by molar-refractivity contribution is -0.112. The van der Waals surface area contributed by atoms with Gasteiger partial charge in [-0.05, 0) is 37.9 Å². The second kappa shape index (κ2) is 4.83. The minimum absolute atomic E-state index is 0.215. The van der Waals surface area contributed by atoms with Crippen molar-refractivity contribution in [2.45, 2.75) is 38.6 Å². The van der Waals surface area contributed by atoms with Crippen LogP contribution in [0.2, 0.25) is 0 Å². The summed E-state index contributed by atoms with van der Waals surface area (Å²) in [5.41, 5.74) is 0. The lowest BCUT2D eigenvalue weighted by Gasteiger charge is -2.32. The van der Waals surface area contributed by atoms with Crippen LogP contribution in [0.15, 0.2) is 0 Å². The highest BCUT2D eigenvalue weighted by Crippen LogP contribution is 2.16. The van der Waals surface area contributed by atoms with E-state index in [2.05, 4.69) is 11.8 Å². The Morgan fingerprint density at radius 1 is 1.58 bits per heavy atom. The molecule has 70 valence electrons. The summed E-state index contributed by atoms with van der Waals surface area (Å²) in [4.78, 5) is 12.9. The van der Waals surface area contributed by atoms with Crippen molar-refractivity contribution in [1.29, 1.82) is 0 Å². The SMILES string of the molecule is CC1CCCCN1CCC(=O)Cl. The van der Waals surface area contributed by atoms with E-state index in [0.29, 0.717) is 12.5 Å². The maximum atomic E-state index is 10.5. The standard InChI is InChI=1S/C9H16ClNO/c1-8-4-2-3-6-11(8)7-5-9(10)12/h8H,2-7H2,1H3. The lowest BCUT2D eigenvalue weighted by Crippen LogP contribution is -2.38. The number of halogens is 1. The van der Waals surface area contributed by atoms with Crippen molar-refractivity contribution in [1.82, 2.24) is 4.90 Å². The topological polar surface area (TPSA) is 20.3 Å².